The molecular weight excluding hydrogens is 232 g/mol. The Morgan fingerprint density at radius 2 is 2.22 bits per heavy atom. The maximum absolute atomic E-state index is 5.06. The average Bonchev–Trinajstić information content (AvgIpc) is 2.84. The number of anilines is 2. The smallest absolute Gasteiger partial charge is 0.214 e. The number of ether oxygens (including phenoxy) is 2. The molecule has 0 aromatic carbocycles. The first-order valence-corrected chi connectivity index (χ1v) is 5.60. The van der Waals surface area contributed by atoms with Crippen LogP contribution in [-0.2, 0) is 11.3 Å². The molecular formula is C12H16N4O2. The maximum atomic E-state index is 5.06. The fourth-order valence-corrected chi connectivity index (χ4v) is 1.50. The number of hydrogen-bond donors (Lipinski definition) is 1. The summed E-state index contributed by atoms with van der Waals surface area (Å²) < 4.78 is 11.9. The number of nitrogens with one attached hydrogen (secondary N) is 1. The van der Waals surface area contributed by atoms with E-state index < -0.39 is 0 Å². The van der Waals surface area contributed by atoms with Crippen LogP contribution in [0.15, 0.2) is 30.7 Å². The van der Waals surface area contributed by atoms with Crippen molar-refractivity contribution in [2.45, 2.75) is 6.54 Å². The van der Waals surface area contributed by atoms with Crippen molar-refractivity contribution in [2.24, 2.45) is 0 Å². The van der Waals surface area contributed by atoms with Gasteiger partial charge in [0.25, 0.3) is 0 Å². The lowest BCUT2D eigenvalue weighted by atomic mass is 10.4. The molecule has 6 nitrogen and oxygen atoms in total. The van der Waals surface area contributed by atoms with Gasteiger partial charge in [0.05, 0.1) is 32.1 Å². The van der Waals surface area contributed by atoms with Gasteiger partial charge in [-0.2, -0.15) is 5.10 Å². The highest BCUT2D eigenvalue weighted by Gasteiger charge is 2.00. The summed E-state index contributed by atoms with van der Waals surface area (Å²) in [6, 6.07) is 3.70. The molecule has 96 valence electrons. The normalized spacial score (nSPS) is 10.3. The van der Waals surface area contributed by atoms with Crippen molar-refractivity contribution in [2.75, 3.05) is 26.1 Å². The van der Waals surface area contributed by atoms with E-state index in [1.54, 1.807) is 26.6 Å². The van der Waals surface area contributed by atoms with Gasteiger partial charge in [-0.3, -0.25) is 4.68 Å². The van der Waals surface area contributed by atoms with Gasteiger partial charge in [0.15, 0.2) is 0 Å². The molecule has 2 heterocycles. The third-order valence-electron chi connectivity index (χ3n) is 2.39. The van der Waals surface area contributed by atoms with Gasteiger partial charge in [0, 0.05) is 31.3 Å². The molecule has 0 aliphatic carbocycles. The average molecular weight is 248 g/mol. The molecule has 0 radical (unpaired) electrons. The van der Waals surface area contributed by atoms with Crippen molar-refractivity contribution >= 4 is 11.4 Å². The largest absolute Gasteiger partial charge is 0.481 e. The quantitative estimate of drug-likeness (QED) is 0.842. The molecule has 0 amide bonds. The van der Waals surface area contributed by atoms with E-state index in [1.807, 2.05) is 23.0 Å². The SMILES string of the molecule is COCCn1cc(Nc2ccnc(OC)c2)cn1. The second-order valence-corrected chi connectivity index (χ2v) is 3.70. The Balaban J connectivity index is 2.01. The van der Waals surface area contributed by atoms with Crippen molar-refractivity contribution in [3.05, 3.63) is 30.7 Å². The zero-order valence-electron chi connectivity index (χ0n) is 10.5. The molecule has 0 saturated carbocycles. The predicted octanol–water partition coefficient (Wildman–Crippen LogP) is 1.68. The molecule has 0 aliphatic rings. The van der Waals surface area contributed by atoms with Gasteiger partial charge in [-0.1, -0.05) is 0 Å². The zero-order chi connectivity index (χ0) is 12.8. The summed E-state index contributed by atoms with van der Waals surface area (Å²) in [4.78, 5) is 4.05. The first-order valence-electron chi connectivity index (χ1n) is 5.60. The van der Waals surface area contributed by atoms with Gasteiger partial charge in [-0.15, -0.1) is 0 Å². The Morgan fingerprint density at radius 1 is 1.33 bits per heavy atom. The van der Waals surface area contributed by atoms with E-state index in [4.69, 9.17) is 9.47 Å². The molecule has 0 fully saturated rings. The molecule has 0 saturated heterocycles. The summed E-state index contributed by atoms with van der Waals surface area (Å²) in [5.74, 6) is 0.576. The van der Waals surface area contributed by atoms with E-state index in [0.29, 0.717) is 12.5 Å². The van der Waals surface area contributed by atoms with E-state index in [-0.39, 0.29) is 0 Å². The summed E-state index contributed by atoms with van der Waals surface area (Å²) in [5.41, 5.74) is 1.83. The first-order chi connectivity index (χ1) is 8.81. The number of rotatable bonds is 6. The van der Waals surface area contributed by atoms with Crippen molar-refractivity contribution in [1.82, 2.24) is 14.8 Å². The Labute approximate surface area is 106 Å². The van der Waals surface area contributed by atoms with E-state index >= 15 is 0 Å². The Morgan fingerprint density at radius 3 is 3.00 bits per heavy atom. The van der Waals surface area contributed by atoms with Crippen molar-refractivity contribution in [3.63, 3.8) is 0 Å². The minimum atomic E-state index is 0.576. The van der Waals surface area contributed by atoms with Crippen LogP contribution >= 0.6 is 0 Å². The monoisotopic (exact) mass is 248 g/mol. The number of methoxy groups -OCH3 is 2. The van der Waals surface area contributed by atoms with E-state index in [0.717, 1.165) is 17.9 Å². The molecule has 0 atom stereocenters. The lowest BCUT2D eigenvalue weighted by molar-refractivity contribution is 0.183. The molecule has 18 heavy (non-hydrogen) atoms. The second-order valence-electron chi connectivity index (χ2n) is 3.70. The van der Waals surface area contributed by atoms with Crippen LogP contribution in [0.5, 0.6) is 5.88 Å². The molecule has 0 unspecified atom stereocenters. The van der Waals surface area contributed by atoms with E-state index in [2.05, 4.69) is 15.4 Å². The van der Waals surface area contributed by atoms with Gasteiger partial charge in [0.2, 0.25) is 5.88 Å². The second kappa shape index (κ2) is 6.02. The summed E-state index contributed by atoms with van der Waals surface area (Å²) in [6.07, 6.45) is 5.38. The zero-order valence-corrected chi connectivity index (χ0v) is 10.5. The van der Waals surface area contributed by atoms with Gasteiger partial charge in [0.1, 0.15) is 0 Å². The first kappa shape index (κ1) is 12.4. The predicted molar refractivity (Wildman–Crippen MR) is 68.2 cm³/mol. The molecule has 2 aromatic rings. The number of hydrogen-bond acceptors (Lipinski definition) is 5. The summed E-state index contributed by atoms with van der Waals surface area (Å²) >= 11 is 0. The van der Waals surface area contributed by atoms with Crippen LogP contribution in [-0.4, -0.2) is 35.6 Å². The highest BCUT2D eigenvalue weighted by molar-refractivity contribution is 5.58. The van der Waals surface area contributed by atoms with Crippen LogP contribution in [0.25, 0.3) is 0 Å². The van der Waals surface area contributed by atoms with Crippen LogP contribution in [0.4, 0.5) is 11.4 Å². The van der Waals surface area contributed by atoms with Crippen molar-refractivity contribution < 1.29 is 9.47 Å². The number of nitrogens with zero attached hydrogens (tertiary/aromatic N) is 3. The Hall–Kier alpha value is -2.08. The third-order valence-corrected chi connectivity index (χ3v) is 2.39. The van der Waals surface area contributed by atoms with Crippen LogP contribution < -0.4 is 10.1 Å². The number of aromatic nitrogens is 3. The Bertz CT molecular complexity index is 498. The standard InChI is InChI=1S/C12H16N4O2/c1-17-6-5-16-9-11(8-14-16)15-10-3-4-13-12(7-10)18-2/h3-4,7-9H,5-6H2,1-2H3,(H,13,15). The summed E-state index contributed by atoms with van der Waals surface area (Å²) in [5, 5.41) is 7.45. The van der Waals surface area contributed by atoms with Crippen molar-refractivity contribution in [3.8, 4) is 5.88 Å². The van der Waals surface area contributed by atoms with Crippen LogP contribution in [0, 0.1) is 0 Å². The van der Waals surface area contributed by atoms with E-state index in [9.17, 15) is 0 Å². The fraction of sp³-hybridized carbons (Fsp3) is 0.333. The molecule has 2 rings (SSSR count). The summed E-state index contributed by atoms with van der Waals surface area (Å²) in [6.45, 7) is 1.38. The van der Waals surface area contributed by atoms with Gasteiger partial charge >= 0.3 is 0 Å². The van der Waals surface area contributed by atoms with Gasteiger partial charge in [-0.25, -0.2) is 4.98 Å². The maximum Gasteiger partial charge on any atom is 0.214 e. The highest BCUT2D eigenvalue weighted by Crippen LogP contribution is 2.18. The minimum absolute atomic E-state index is 0.576. The van der Waals surface area contributed by atoms with Gasteiger partial charge < -0.3 is 14.8 Å². The lowest BCUT2D eigenvalue weighted by Gasteiger charge is -2.04. The van der Waals surface area contributed by atoms with E-state index in [1.165, 1.54) is 0 Å². The molecule has 0 spiro atoms. The molecule has 0 aliphatic heterocycles. The lowest BCUT2D eigenvalue weighted by Crippen LogP contribution is -2.03. The molecule has 2 aromatic heterocycles. The molecule has 6 heteroatoms. The highest BCUT2D eigenvalue weighted by atomic mass is 16.5. The van der Waals surface area contributed by atoms with Crippen LogP contribution in [0.2, 0.25) is 0 Å². The Kier molecular flexibility index (Phi) is 4.14. The topological polar surface area (TPSA) is 61.2 Å². The molecule has 1 N–H and O–H groups in total. The van der Waals surface area contributed by atoms with Crippen LogP contribution in [0.1, 0.15) is 0 Å². The number of pyridine rings is 1. The molecule has 0 bridgehead atoms. The minimum Gasteiger partial charge on any atom is -0.481 e. The van der Waals surface area contributed by atoms with Crippen LogP contribution in [0.3, 0.4) is 0 Å². The fourth-order valence-electron chi connectivity index (χ4n) is 1.50. The third kappa shape index (κ3) is 3.21. The van der Waals surface area contributed by atoms with Gasteiger partial charge in [-0.05, 0) is 6.07 Å². The van der Waals surface area contributed by atoms with Crippen molar-refractivity contribution in [1.29, 1.82) is 0 Å². The summed E-state index contributed by atoms with van der Waals surface area (Å²) in [7, 11) is 3.26.